The Hall–Kier alpha value is -1.65. The predicted molar refractivity (Wildman–Crippen MR) is 59.1 cm³/mol. The van der Waals surface area contributed by atoms with Crippen LogP contribution >= 0.6 is 0 Å². The smallest absolute Gasteiger partial charge is 0.343 e. The van der Waals surface area contributed by atoms with E-state index in [0.717, 1.165) is 18.7 Å². The number of hydrogen-bond acceptors (Lipinski definition) is 5. The van der Waals surface area contributed by atoms with Gasteiger partial charge in [-0.25, -0.2) is 14.8 Å². The van der Waals surface area contributed by atoms with E-state index in [0.29, 0.717) is 23.8 Å². The van der Waals surface area contributed by atoms with Crippen molar-refractivity contribution >= 4 is 11.8 Å². The first-order valence-electron chi connectivity index (χ1n) is 5.44. The molecule has 0 aromatic carbocycles. The molecular weight excluding hydrogens is 206 g/mol. The topological polar surface area (TPSA) is 78.1 Å². The fourth-order valence-electron chi connectivity index (χ4n) is 1.60. The second kappa shape index (κ2) is 4.08. The number of aromatic nitrogens is 2. The maximum atomic E-state index is 11.6. The summed E-state index contributed by atoms with van der Waals surface area (Å²) < 4.78 is 4.91. The van der Waals surface area contributed by atoms with E-state index in [2.05, 4.69) is 9.97 Å². The molecule has 1 heterocycles. The van der Waals surface area contributed by atoms with E-state index in [9.17, 15) is 4.79 Å². The zero-order valence-electron chi connectivity index (χ0n) is 9.49. The van der Waals surface area contributed by atoms with E-state index in [-0.39, 0.29) is 5.82 Å². The lowest BCUT2D eigenvalue weighted by Crippen LogP contribution is -2.14. The maximum absolute atomic E-state index is 11.6. The van der Waals surface area contributed by atoms with E-state index in [1.165, 1.54) is 0 Å². The van der Waals surface area contributed by atoms with Gasteiger partial charge in [-0.1, -0.05) is 0 Å². The van der Waals surface area contributed by atoms with Gasteiger partial charge >= 0.3 is 5.97 Å². The minimum atomic E-state index is -0.445. The Bertz CT molecular complexity index is 404. The maximum Gasteiger partial charge on any atom is 0.343 e. The van der Waals surface area contributed by atoms with E-state index in [1.807, 2.05) is 0 Å². The van der Waals surface area contributed by atoms with Crippen molar-refractivity contribution in [2.24, 2.45) is 0 Å². The molecule has 0 spiro atoms. The van der Waals surface area contributed by atoms with Crippen LogP contribution in [0.5, 0.6) is 0 Å². The number of esters is 1. The Kier molecular flexibility index (Phi) is 2.77. The Morgan fingerprint density at radius 2 is 2.19 bits per heavy atom. The van der Waals surface area contributed by atoms with Crippen molar-refractivity contribution in [2.75, 3.05) is 12.3 Å². The summed E-state index contributed by atoms with van der Waals surface area (Å²) in [7, 11) is 0. The summed E-state index contributed by atoms with van der Waals surface area (Å²) in [5.41, 5.74) is 6.67. The second-order valence-corrected chi connectivity index (χ2v) is 3.92. The average Bonchev–Trinajstić information content (AvgIpc) is 2.99. The third kappa shape index (κ3) is 1.98. The number of rotatable bonds is 3. The molecule has 1 saturated carbocycles. The summed E-state index contributed by atoms with van der Waals surface area (Å²) >= 11 is 0. The lowest BCUT2D eigenvalue weighted by atomic mass is 10.2. The predicted octanol–water partition coefficient (Wildman–Crippen LogP) is 1.42. The Morgan fingerprint density at radius 1 is 1.50 bits per heavy atom. The number of anilines is 1. The van der Waals surface area contributed by atoms with Gasteiger partial charge in [0.25, 0.3) is 0 Å². The lowest BCUT2D eigenvalue weighted by molar-refractivity contribution is 0.0525. The highest BCUT2D eigenvalue weighted by Crippen LogP contribution is 2.38. The molecule has 0 unspecified atom stereocenters. The van der Waals surface area contributed by atoms with E-state index < -0.39 is 5.97 Å². The molecule has 0 aliphatic heterocycles. The van der Waals surface area contributed by atoms with Crippen LogP contribution in [0.25, 0.3) is 0 Å². The summed E-state index contributed by atoms with van der Waals surface area (Å²) in [6.45, 7) is 3.83. The minimum absolute atomic E-state index is 0.229. The zero-order chi connectivity index (χ0) is 11.7. The highest BCUT2D eigenvalue weighted by atomic mass is 16.5. The van der Waals surface area contributed by atoms with Crippen molar-refractivity contribution < 1.29 is 9.53 Å². The van der Waals surface area contributed by atoms with Crippen LogP contribution in [0.4, 0.5) is 5.82 Å². The molecule has 0 atom stereocenters. The van der Waals surface area contributed by atoms with Gasteiger partial charge in [0.05, 0.1) is 12.3 Å². The van der Waals surface area contributed by atoms with Crippen LogP contribution < -0.4 is 5.73 Å². The van der Waals surface area contributed by atoms with Crippen LogP contribution in [0.3, 0.4) is 0 Å². The molecule has 2 rings (SSSR count). The van der Waals surface area contributed by atoms with Gasteiger partial charge in [0.2, 0.25) is 0 Å². The molecule has 1 aromatic heterocycles. The number of carbonyl (C=O) groups is 1. The van der Waals surface area contributed by atoms with Crippen molar-refractivity contribution in [3.8, 4) is 0 Å². The van der Waals surface area contributed by atoms with Crippen molar-refractivity contribution in [3.63, 3.8) is 0 Å². The second-order valence-electron chi connectivity index (χ2n) is 3.92. The van der Waals surface area contributed by atoms with Crippen LogP contribution in [0.1, 0.15) is 47.6 Å². The molecule has 86 valence electrons. The van der Waals surface area contributed by atoms with Crippen molar-refractivity contribution in [2.45, 2.75) is 32.6 Å². The fraction of sp³-hybridized carbons (Fsp3) is 0.545. The molecule has 0 amide bonds. The van der Waals surface area contributed by atoms with Crippen LogP contribution in [0, 0.1) is 6.92 Å². The van der Waals surface area contributed by atoms with Crippen molar-refractivity contribution in [1.29, 1.82) is 0 Å². The molecule has 5 heteroatoms. The largest absolute Gasteiger partial charge is 0.462 e. The van der Waals surface area contributed by atoms with Gasteiger partial charge in [-0.3, -0.25) is 0 Å². The van der Waals surface area contributed by atoms with Crippen LogP contribution in [0.2, 0.25) is 0 Å². The molecule has 0 saturated heterocycles. The third-order valence-corrected chi connectivity index (χ3v) is 2.56. The normalized spacial score (nSPS) is 14.9. The molecule has 0 bridgehead atoms. The summed E-state index contributed by atoms with van der Waals surface area (Å²) in [5, 5.41) is 0. The Labute approximate surface area is 94.0 Å². The number of nitrogens with zero attached hydrogens (tertiary/aromatic N) is 2. The highest BCUT2D eigenvalue weighted by Gasteiger charge is 2.28. The first-order chi connectivity index (χ1) is 7.63. The van der Waals surface area contributed by atoms with Crippen LogP contribution in [-0.2, 0) is 4.74 Å². The molecule has 0 radical (unpaired) electrons. The fourth-order valence-corrected chi connectivity index (χ4v) is 1.60. The first-order valence-corrected chi connectivity index (χ1v) is 5.44. The standard InChI is InChI=1S/C11H15N3O2/c1-3-16-11(15)8-6(2)13-10(7-4-5-7)14-9(8)12/h7H,3-5H2,1-2H3,(H2,12,13,14). The monoisotopic (exact) mass is 221 g/mol. The quantitative estimate of drug-likeness (QED) is 0.781. The van der Waals surface area contributed by atoms with Gasteiger partial charge in [0.15, 0.2) is 0 Å². The SMILES string of the molecule is CCOC(=O)c1c(C)nc(C2CC2)nc1N. The Balaban J connectivity index is 2.34. The van der Waals surface area contributed by atoms with E-state index in [4.69, 9.17) is 10.5 Å². The number of hydrogen-bond donors (Lipinski definition) is 1. The summed E-state index contributed by atoms with van der Waals surface area (Å²) in [4.78, 5) is 20.1. The number of aryl methyl sites for hydroxylation is 1. The first kappa shape index (κ1) is 10.9. The molecule has 1 aromatic rings. The lowest BCUT2D eigenvalue weighted by Gasteiger charge is -2.08. The van der Waals surface area contributed by atoms with Gasteiger partial charge in [0, 0.05) is 5.92 Å². The van der Waals surface area contributed by atoms with Crippen LogP contribution in [-0.4, -0.2) is 22.5 Å². The zero-order valence-corrected chi connectivity index (χ0v) is 9.49. The molecule has 1 fully saturated rings. The van der Waals surface area contributed by atoms with E-state index >= 15 is 0 Å². The molecule has 1 aliphatic rings. The van der Waals surface area contributed by atoms with Crippen LogP contribution in [0.15, 0.2) is 0 Å². The molecule has 16 heavy (non-hydrogen) atoms. The number of ether oxygens (including phenoxy) is 1. The average molecular weight is 221 g/mol. The minimum Gasteiger partial charge on any atom is -0.462 e. The van der Waals surface area contributed by atoms with Gasteiger partial charge in [-0.05, 0) is 26.7 Å². The van der Waals surface area contributed by atoms with E-state index in [1.54, 1.807) is 13.8 Å². The molecule has 1 aliphatic carbocycles. The highest BCUT2D eigenvalue weighted by molar-refractivity contribution is 5.95. The van der Waals surface area contributed by atoms with Gasteiger partial charge in [-0.2, -0.15) is 0 Å². The summed E-state index contributed by atoms with van der Waals surface area (Å²) in [6.07, 6.45) is 2.22. The van der Waals surface area contributed by atoms with Crippen molar-refractivity contribution in [1.82, 2.24) is 9.97 Å². The van der Waals surface area contributed by atoms with Gasteiger partial charge in [-0.15, -0.1) is 0 Å². The van der Waals surface area contributed by atoms with Gasteiger partial charge < -0.3 is 10.5 Å². The number of nitrogens with two attached hydrogens (primary N) is 1. The van der Waals surface area contributed by atoms with Crippen molar-refractivity contribution in [3.05, 3.63) is 17.1 Å². The van der Waals surface area contributed by atoms with Gasteiger partial charge in [0.1, 0.15) is 17.2 Å². The Morgan fingerprint density at radius 3 is 2.69 bits per heavy atom. The summed E-state index contributed by atoms with van der Waals surface area (Å²) in [6, 6.07) is 0. The summed E-state index contributed by atoms with van der Waals surface area (Å²) in [5.74, 6) is 0.966. The number of nitrogen functional groups attached to an aromatic ring is 1. The number of carbonyl (C=O) groups excluding carboxylic acids is 1. The molecular formula is C11H15N3O2. The molecule has 2 N–H and O–H groups in total. The molecule has 5 nitrogen and oxygen atoms in total. The third-order valence-electron chi connectivity index (χ3n) is 2.56.